The third kappa shape index (κ3) is 3.42. The minimum atomic E-state index is -3.54. The first-order chi connectivity index (χ1) is 13.0. The van der Waals surface area contributed by atoms with Gasteiger partial charge in [-0.25, -0.2) is 8.42 Å². The molecule has 27 heavy (non-hydrogen) atoms. The maximum Gasteiger partial charge on any atom is 0.243 e. The van der Waals surface area contributed by atoms with Gasteiger partial charge in [-0.3, -0.25) is 4.79 Å². The van der Waals surface area contributed by atoms with E-state index in [1.165, 1.54) is 23.4 Å². The summed E-state index contributed by atoms with van der Waals surface area (Å²) in [6, 6.07) is 6.16. The van der Waals surface area contributed by atoms with Crippen molar-refractivity contribution in [2.24, 2.45) is 0 Å². The van der Waals surface area contributed by atoms with Crippen molar-refractivity contribution in [3.05, 3.63) is 41.5 Å². The van der Waals surface area contributed by atoms with Crippen LogP contribution in [-0.2, 0) is 23.1 Å². The first-order valence-electron chi connectivity index (χ1n) is 9.20. The lowest BCUT2D eigenvalue weighted by Gasteiger charge is -2.31. The number of Topliss-reactive ketones (excluding diaryl/α,β-unsaturated/α-hetero) is 1. The number of carbonyl (C=O) groups excluding carboxylic acids is 1. The summed E-state index contributed by atoms with van der Waals surface area (Å²) in [4.78, 5) is 11.6. The average molecular weight is 389 g/mol. The molecule has 9 heteroatoms. The van der Waals surface area contributed by atoms with E-state index in [-0.39, 0.29) is 16.6 Å². The number of rotatable bonds is 4. The lowest BCUT2D eigenvalue weighted by molar-refractivity contribution is 0.101. The predicted molar refractivity (Wildman–Crippen MR) is 98.9 cm³/mol. The normalized spacial score (nSPS) is 19.0. The van der Waals surface area contributed by atoms with Crippen LogP contribution in [0.5, 0.6) is 0 Å². The fourth-order valence-electron chi connectivity index (χ4n) is 3.78. The van der Waals surface area contributed by atoms with Crippen LogP contribution >= 0.6 is 0 Å². The van der Waals surface area contributed by atoms with Gasteiger partial charge in [0.25, 0.3) is 0 Å². The summed E-state index contributed by atoms with van der Waals surface area (Å²) in [5, 5.41) is 11.9. The van der Waals surface area contributed by atoms with E-state index < -0.39 is 10.0 Å². The molecule has 0 radical (unpaired) electrons. The second-order valence-corrected chi connectivity index (χ2v) is 9.00. The zero-order valence-electron chi connectivity index (χ0n) is 15.3. The number of aromatic nitrogens is 3. The van der Waals surface area contributed by atoms with E-state index >= 15 is 0 Å². The van der Waals surface area contributed by atoms with E-state index in [9.17, 15) is 13.2 Å². The summed E-state index contributed by atoms with van der Waals surface area (Å²) in [7, 11) is -3.54. The third-order valence-electron chi connectivity index (χ3n) is 5.37. The predicted octanol–water partition coefficient (Wildman–Crippen LogP) is 1.15. The summed E-state index contributed by atoms with van der Waals surface area (Å²) in [6.45, 7) is 4.88. The van der Waals surface area contributed by atoms with E-state index in [2.05, 4.69) is 20.1 Å². The number of fused-ring (bicyclic) bond motifs is 1. The molecular weight excluding hydrogens is 366 g/mol. The minimum absolute atomic E-state index is 0.0772. The van der Waals surface area contributed by atoms with Crippen LogP contribution in [0.2, 0.25) is 0 Å². The number of hydrogen-bond donors (Lipinski definition) is 1. The molecule has 1 saturated heterocycles. The highest BCUT2D eigenvalue weighted by Crippen LogP contribution is 2.30. The van der Waals surface area contributed by atoms with Gasteiger partial charge in [-0.2, -0.15) is 4.31 Å². The lowest BCUT2D eigenvalue weighted by Crippen LogP contribution is -2.38. The highest BCUT2D eigenvalue weighted by Gasteiger charge is 2.32. The molecule has 8 nitrogen and oxygen atoms in total. The number of sulfonamides is 1. The summed E-state index contributed by atoms with van der Waals surface area (Å²) in [6.07, 6.45) is 1.46. The molecule has 144 valence electrons. The molecule has 0 bridgehead atoms. The highest BCUT2D eigenvalue weighted by atomic mass is 32.2. The second-order valence-electron chi connectivity index (χ2n) is 7.06. The van der Waals surface area contributed by atoms with Crippen LogP contribution in [0, 0.1) is 0 Å². The van der Waals surface area contributed by atoms with Gasteiger partial charge in [0.2, 0.25) is 10.0 Å². The Labute approximate surface area is 158 Å². The fraction of sp³-hybridized carbons (Fsp3) is 0.500. The number of benzene rings is 1. The molecule has 4 rings (SSSR count). The van der Waals surface area contributed by atoms with Gasteiger partial charge in [-0.05, 0) is 31.9 Å². The first kappa shape index (κ1) is 18.3. The highest BCUT2D eigenvalue weighted by molar-refractivity contribution is 7.89. The number of hydrogen-bond acceptors (Lipinski definition) is 6. The largest absolute Gasteiger partial charge is 0.312 e. The number of piperidine rings is 1. The summed E-state index contributed by atoms with van der Waals surface area (Å²) in [5.41, 5.74) is 0.513. The monoisotopic (exact) mass is 389 g/mol. The van der Waals surface area contributed by atoms with E-state index in [0.29, 0.717) is 18.7 Å². The number of nitrogens with one attached hydrogen (secondary N) is 1. The quantitative estimate of drug-likeness (QED) is 0.788. The molecule has 3 heterocycles. The van der Waals surface area contributed by atoms with Gasteiger partial charge in [0.1, 0.15) is 11.6 Å². The summed E-state index contributed by atoms with van der Waals surface area (Å²) in [5.74, 6) is 2.09. The molecule has 0 saturated carbocycles. The zero-order valence-corrected chi connectivity index (χ0v) is 16.1. The van der Waals surface area contributed by atoms with Crippen LogP contribution in [0.25, 0.3) is 0 Å². The van der Waals surface area contributed by atoms with Gasteiger partial charge in [0, 0.05) is 37.7 Å². The van der Waals surface area contributed by atoms with E-state index in [4.69, 9.17) is 0 Å². The molecule has 2 aliphatic rings. The van der Waals surface area contributed by atoms with Crippen LogP contribution in [0.3, 0.4) is 0 Å². The third-order valence-corrected chi connectivity index (χ3v) is 7.28. The van der Waals surface area contributed by atoms with Crippen molar-refractivity contribution in [2.75, 3.05) is 19.6 Å². The van der Waals surface area contributed by atoms with E-state index in [1.54, 1.807) is 12.1 Å². The standard InChI is InChI=1S/C18H23N5O3S/c1-13(24)14-2-4-16(5-3-14)27(25,26)22-9-6-15(7-10-22)18-21-20-17-12-19-8-11-23(17)18/h2-5,15,19H,6-12H2,1H3. The van der Waals surface area contributed by atoms with Crippen LogP contribution in [0.15, 0.2) is 29.2 Å². The Balaban J connectivity index is 1.47. The van der Waals surface area contributed by atoms with Crippen molar-refractivity contribution in [2.45, 2.75) is 43.7 Å². The maximum absolute atomic E-state index is 12.9. The molecule has 0 amide bonds. The molecule has 0 atom stereocenters. The van der Waals surface area contributed by atoms with Crippen molar-refractivity contribution >= 4 is 15.8 Å². The molecule has 0 unspecified atom stereocenters. The SMILES string of the molecule is CC(=O)c1ccc(S(=O)(=O)N2CCC(c3nnc4n3CCNC4)CC2)cc1. The Morgan fingerprint density at radius 3 is 2.48 bits per heavy atom. The fourth-order valence-corrected chi connectivity index (χ4v) is 5.25. The maximum atomic E-state index is 12.9. The van der Waals surface area contributed by atoms with Crippen LogP contribution < -0.4 is 5.32 Å². The van der Waals surface area contributed by atoms with Crippen molar-refractivity contribution in [1.82, 2.24) is 24.4 Å². The number of carbonyl (C=O) groups is 1. The first-order valence-corrected chi connectivity index (χ1v) is 10.6. The minimum Gasteiger partial charge on any atom is -0.312 e. The van der Waals surface area contributed by atoms with Crippen molar-refractivity contribution in [3.63, 3.8) is 0 Å². The molecule has 1 aromatic carbocycles. The smallest absolute Gasteiger partial charge is 0.243 e. The van der Waals surface area contributed by atoms with Gasteiger partial charge in [0.15, 0.2) is 5.78 Å². The Morgan fingerprint density at radius 2 is 1.81 bits per heavy atom. The zero-order chi connectivity index (χ0) is 19.0. The molecule has 2 aromatic rings. The molecule has 0 aliphatic carbocycles. The van der Waals surface area contributed by atoms with Gasteiger partial charge < -0.3 is 9.88 Å². The average Bonchev–Trinajstić information content (AvgIpc) is 3.12. The second kappa shape index (κ2) is 7.14. The summed E-state index contributed by atoms with van der Waals surface area (Å²) >= 11 is 0. The van der Waals surface area contributed by atoms with E-state index in [0.717, 1.165) is 44.1 Å². The Bertz CT molecular complexity index is 944. The molecule has 1 fully saturated rings. The Hall–Kier alpha value is -2.10. The van der Waals surface area contributed by atoms with Crippen molar-refractivity contribution < 1.29 is 13.2 Å². The molecule has 2 aliphatic heterocycles. The summed E-state index contributed by atoms with van der Waals surface area (Å²) < 4.78 is 29.5. The molecule has 0 spiro atoms. The van der Waals surface area contributed by atoms with Crippen molar-refractivity contribution in [3.8, 4) is 0 Å². The van der Waals surface area contributed by atoms with Crippen molar-refractivity contribution in [1.29, 1.82) is 0 Å². The number of ketones is 1. The number of nitrogens with zero attached hydrogens (tertiary/aromatic N) is 4. The van der Waals surface area contributed by atoms with Gasteiger partial charge in [-0.1, -0.05) is 12.1 Å². The van der Waals surface area contributed by atoms with Gasteiger partial charge >= 0.3 is 0 Å². The lowest BCUT2D eigenvalue weighted by atomic mass is 9.97. The van der Waals surface area contributed by atoms with Crippen LogP contribution in [0.1, 0.15) is 47.7 Å². The van der Waals surface area contributed by atoms with Gasteiger partial charge in [0.05, 0.1) is 11.4 Å². The van der Waals surface area contributed by atoms with Gasteiger partial charge in [-0.15, -0.1) is 10.2 Å². The van der Waals surface area contributed by atoms with E-state index in [1.807, 2.05) is 0 Å². The topological polar surface area (TPSA) is 97.2 Å². The Kier molecular flexibility index (Phi) is 4.83. The van der Waals surface area contributed by atoms with Crippen LogP contribution in [-0.4, -0.2) is 52.9 Å². The molecule has 1 aromatic heterocycles. The molecular formula is C18H23N5O3S. The Morgan fingerprint density at radius 1 is 1.11 bits per heavy atom. The molecule has 1 N–H and O–H groups in total. The van der Waals surface area contributed by atoms with Crippen LogP contribution in [0.4, 0.5) is 0 Å².